The van der Waals surface area contributed by atoms with Crippen LogP contribution in [0.3, 0.4) is 0 Å². The smallest absolute Gasteiger partial charge is 0.303 e. The molecule has 1 aromatic heterocycles. The molecule has 1 heterocycles. The zero-order valence-corrected chi connectivity index (χ0v) is 11.9. The Labute approximate surface area is 118 Å². The normalized spacial score (nSPS) is 12.3. The lowest BCUT2D eigenvalue weighted by atomic mass is 10.0. The molecule has 0 amide bonds. The Balaban J connectivity index is 2.06. The second kappa shape index (κ2) is 5.97. The number of hydrogen-bond acceptors (Lipinski definition) is 4. The number of hydrogen-bond donors (Lipinski definition) is 1. The molecule has 19 heavy (non-hydrogen) atoms. The predicted octanol–water partition coefficient (Wildman–Crippen LogP) is 3.15. The second-order valence-corrected chi connectivity index (χ2v) is 5.34. The van der Waals surface area contributed by atoms with Gasteiger partial charge >= 0.3 is 5.97 Å². The Bertz CT molecular complexity index is 566. The summed E-state index contributed by atoms with van der Waals surface area (Å²) < 4.78 is 6.12. The maximum absolute atomic E-state index is 10.6. The van der Waals surface area contributed by atoms with Crippen molar-refractivity contribution in [1.82, 2.24) is 10.1 Å². The molecular formula is C13H13BrN2O3. The first kappa shape index (κ1) is 13.7. The van der Waals surface area contributed by atoms with Crippen LogP contribution in [0.4, 0.5) is 0 Å². The molecule has 0 aliphatic rings. The summed E-state index contributed by atoms with van der Waals surface area (Å²) >= 11 is 3.36. The van der Waals surface area contributed by atoms with Crippen LogP contribution >= 0.6 is 15.9 Å². The van der Waals surface area contributed by atoms with Gasteiger partial charge in [0, 0.05) is 22.9 Å². The van der Waals surface area contributed by atoms with Crippen LogP contribution < -0.4 is 0 Å². The third-order valence-electron chi connectivity index (χ3n) is 2.62. The number of benzene rings is 1. The molecule has 0 radical (unpaired) electrons. The standard InChI is InChI=1S/C13H13BrN2O3/c1-8(7-12(17)18)6-11-15-13(16-19-11)9-2-4-10(14)5-3-9/h2-5,8H,6-7H2,1H3,(H,17,18). The molecule has 2 aromatic rings. The molecule has 1 aromatic carbocycles. The summed E-state index contributed by atoms with van der Waals surface area (Å²) in [7, 11) is 0. The molecule has 1 N–H and O–H groups in total. The molecule has 2 rings (SSSR count). The van der Waals surface area contributed by atoms with Gasteiger partial charge in [0.25, 0.3) is 0 Å². The summed E-state index contributed by atoms with van der Waals surface area (Å²) in [5, 5.41) is 12.6. The first-order valence-corrected chi connectivity index (χ1v) is 6.64. The molecule has 0 saturated carbocycles. The van der Waals surface area contributed by atoms with Gasteiger partial charge in [-0.05, 0) is 30.2 Å². The van der Waals surface area contributed by atoms with Gasteiger partial charge < -0.3 is 9.63 Å². The number of aromatic nitrogens is 2. The third-order valence-corrected chi connectivity index (χ3v) is 3.15. The number of carboxylic acids is 1. The molecule has 1 atom stereocenters. The van der Waals surface area contributed by atoms with Crippen molar-refractivity contribution in [3.8, 4) is 11.4 Å². The van der Waals surface area contributed by atoms with Crippen molar-refractivity contribution in [2.45, 2.75) is 19.8 Å². The molecule has 0 fully saturated rings. The quantitative estimate of drug-likeness (QED) is 0.914. The first-order chi connectivity index (χ1) is 9.04. The Hall–Kier alpha value is -1.69. The van der Waals surface area contributed by atoms with E-state index in [2.05, 4.69) is 26.1 Å². The SMILES string of the molecule is CC(CC(=O)O)Cc1nc(-c2ccc(Br)cc2)no1. The molecule has 0 bridgehead atoms. The molecule has 0 aliphatic carbocycles. The van der Waals surface area contributed by atoms with Crippen LogP contribution in [-0.4, -0.2) is 21.2 Å². The van der Waals surface area contributed by atoms with Crippen molar-refractivity contribution in [2.75, 3.05) is 0 Å². The highest BCUT2D eigenvalue weighted by atomic mass is 79.9. The fraction of sp³-hybridized carbons (Fsp3) is 0.308. The van der Waals surface area contributed by atoms with Crippen LogP contribution in [0.25, 0.3) is 11.4 Å². The molecule has 0 saturated heterocycles. The van der Waals surface area contributed by atoms with Gasteiger partial charge in [-0.3, -0.25) is 4.79 Å². The average Bonchev–Trinajstić information content (AvgIpc) is 2.77. The summed E-state index contributed by atoms with van der Waals surface area (Å²) in [6.45, 7) is 1.84. The molecular weight excluding hydrogens is 312 g/mol. The van der Waals surface area contributed by atoms with Gasteiger partial charge in [0.2, 0.25) is 11.7 Å². The van der Waals surface area contributed by atoms with Gasteiger partial charge in [0.1, 0.15) is 0 Å². The highest BCUT2D eigenvalue weighted by Gasteiger charge is 2.14. The minimum atomic E-state index is -0.819. The monoisotopic (exact) mass is 324 g/mol. The van der Waals surface area contributed by atoms with E-state index in [9.17, 15) is 4.79 Å². The van der Waals surface area contributed by atoms with E-state index in [1.807, 2.05) is 31.2 Å². The van der Waals surface area contributed by atoms with E-state index in [0.717, 1.165) is 10.0 Å². The van der Waals surface area contributed by atoms with Crippen LogP contribution in [0.15, 0.2) is 33.3 Å². The van der Waals surface area contributed by atoms with Crippen LogP contribution in [0.1, 0.15) is 19.2 Å². The van der Waals surface area contributed by atoms with Crippen molar-refractivity contribution in [3.63, 3.8) is 0 Å². The first-order valence-electron chi connectivity index (χ1n) is 5.85. The number of nitrogens with zero attached hydrogens (tertiary/aromatic N) is 2. The minimum Gasteiger partial charge on any atom is -0.481 e. The van der Waals surface area contributed by atoms with Crippen molar-refractivity contribution in [3.05, 3.63) is 34.6 Å². The lowest BCUT2D eigenvalue weighted by Gasteiger charge is -2.03. The van der Waals surface area contributed by atoms with Gasteiger partial charge in [-0.15, -0.1) is 0 Å². The van der Waals surface area contributed by atoms with E-state index in [1.54, 1.807) is 0 Å². The predicted molar refractivity (Wildman–Crippen MR) is 72.6 cm³/mol. The molecule has 100 valence electrons. The topological polar surface area (TPSA) is 76.2 Å². The van der Waals surface area contributed by atoms with Gasteiger partial charge in [-0.1, -0.05) is 28.0 Å². The van der Waals surface area contributed by atoms with Crippen LogP contribution in [0.2, 0.25) is 0 Å². The Morgan fingerprint density at radius 2 is 2.11 bits per heavy atom. The lowest BCUT2D eigenvalue weighted by molar-refractivity contribution is -0.137. The summed E-state index contributed by atoms with van der Waals surface area (Å²) in [5.74, 6) is 0.132. The van der Waals surface area contributed by atoms with E-state index < -0.39 is 5.97 Å². The average molecular weight is 325 g/mol. The minimum absolute atomic E-state index is 0.0317. The van der Waals surface area contributed by atoms with Crippen molar-refractivity contribution < 1.29 is 14.4 Å². The maximum Gasteiger partial charge on any atom is 0.303 e. The fourth-order valence-electron chi connectivity index (χ4n) is 1.72. The van der Waals surface area contributed by atoms with Gasteiger partial charge in [-0.25, -0.2) is 0 Å². The van der Waals surface area contributed by atoms with Crippen LogP contribution in [-0.2, 0) is 11.2 Å². The summed E-state index contributed by atoms with van der Waals surface area (Å²) in [5.41, 5.74) is 0.865. The summed E-state index contributed by atoms with van der Waals surface area (Å²) in [6.07, 6.45) is 0.561. The third kappa shape index (κ3) is 3.89. The molecule has 6 heteroatoms. The van der Waals surface area contributed by atoms with E-state index in [-0.39, 0.29) is 12.3 Å². The Morgan fingerprint density at radius 3 is 2.74 bits per heavy atom. The van der Waals surface area contributed by atoms with Crippen LogP contribution in [0.5, 0.6) is 0 Å². The number of carboxylic acid groups (broad SMARTS) is 1. The molecule has 5 nitrogen and oxygen atoms in total. The van der Waals surface area contributed by atoms with Crippen molar-refractivity contribution in [1.29, 1.82) is 0 Å². The van der Waals surface area contributed by atoms with E-state index >= 15 is 0 Å². The second-order valence-electron chi connectivity index (χ2n) is 4.43. The maximum atomic E-state index is 10.6. The summed E-state index contributed by atoms with van der Waals surface area (Å²) in [6, 6.07) is 7.58. The number of carbonyl (C=O) groups is 1. The molecule has 0 aliphatic heterocycles. The van der Waals surface area contributed by atoms with Crippen LogP contribution in [0, 0.1) is 5.92 Å². The number of rotatable bonds is 5. The van der Waals surface area contributed by atoms with E-state index in [1.165, 1.54) is 0 Å². The molecule has 0 spiro atoms. The lowest BCUT2D eigenvalue weighted by Crippen LogP contribution is -2.07. The van der Waals surface area contributed by atoms with E-state index in [0.29, 0.717) is 18.1 Å². The fourth-order valence-corrected chi connectivity index (χ4v) is 1.99. The van der Waals surface area contributed by atoms with Gasteiger partial charge in [-0.2, -0.15) is 4.98 Å². The number of aliphatic carboxylic acids is 1. The van der Waals surface area contributed by atoms with Crippen molar-refractivity contribution in [2.24, 2.45) is 5.92 Å². The zero-order chi connectivity index (χ0) is 13.8. The largest absolute Gasteiger partial charge is 0.481 e. The Kier molecular flexibility index (Phi) is 4.31. The number of halogens is 1. The van der Waals surface area contributed by atoms with Crippen molar-refractivity contribution >= 4 is 21.9 Å². The zero-order valence-electron chi connectivity index (χ0n) is 10.3. The highest BCUT2D eigenvalue weighted by molar-refractivity contribution is 9.10. The van der Waals surface area contributed by atoms with Gasteiger partial charge in [0.15, 0.2) is 0 Å². The molecule has 1 unspecified atom stereocenters. The van der Waals surface area contributed by atoms with E-state index in [4.69, 9.17) is 9.63 Å². The van der Waals surface area contributed by atoms with Gasteiger partial charge in [0.05, 0.1) is 0 Å². The highest BCUT2D eigenvalue weighted by Crippen LogP contribution is 2.20. The summed E-state index contributed by atoms with van der Waals surface area (Å²) in [4.78, 5) is 14.9. The Morgan fingerprint density at radius 1 is 1.42 bits per heavy atom.